The molecule has 1 N–H and O–H groups in total. The average Bonchev–Trinajstić information content (AvgIpc) is 3.07. The number of nitrogens with one attached hydrogen (secondary N) is 1. The van der Waals surface area contributed by atoms with Crippen molar-refractivity contribution in [2.75, 3.05) is 17.7 Å². The van der Waals surface area contributed by atoms with Crippen LogP contribution in [-0.4, -0.2) is 29.2 Å². The molecule has 2 rings (SSSR count). The number of para-hydroxylation sites is 1. The molecule has 26 heavy (non-hydrogen) atoms. The van der Waals surface area contributed by atoms with Gasteiger partial charge < -0.3 is 10.1 Å². The predicted octanol–water partition coefficient (Wildman–Crippen LogP) is 4.49. The lowest BCUT2D eigenvalue weighted by atomic mass is 9.97. The topological polar surface area (TPSA) is 68.3 Å². The number of hydrogen-bond donors (Lipinski definition) is 1. The second-order valence-electron chi connectivity index (χ2n) is 5.82. The summed E-state index contributed by atoms with van der Waals surface area (Å²) in [6.07, 6.45) is 1.18. The van der Waals surface area contributed by atoms with Crippen molar-refractivity contribution in [2.24, 2.45) is 0 Å². The molecule has 1 heterocycles. The van der Waals surface area contributed by atoms with Crippen LogP contribution < -0.4 is 5.32 Å². The lowest BCUT2D eigenvalue weighted by Crippen LogP contribution is -2.15. The molecule has 1 aromatic carbocycles. The quantitative estimate of drug-likeness (QED) is 0.503. The minimum atomic E-state index is -0.284. The molecule has 2 aromatic rings. The summed E-state index contributed by atoms with van der Waals surface area (Å²) < 4.78 is 5.69. The van der Waals surface area contributed by atoms with Gasteiger partial charge in [0.15, 0.2) is 4.34 Å². The Kier molecular flexibility index (Phi) is 8.12. The van der Waals surface area contributed by atoms with Gasteiger partial charge in [-0.05, 0) is 30.9 Å². The molecular formula is C19H24N2O3S2. The fourth-order valence-electron chi connectivity index (χ4n) is 2.37. The van der Waals surface area contributed by atoms with Gasteiger partial charge in [0.1, 0.15) is 0 Å². The summed E-state index contributed by atoms with van der Waals surface area (Å²) in [5.41, 5.74) is 2.70. The van der Waals surface area contributed by atoms with E-state index in [1.165, 1.54) is 23.1 Å². The molecule has 0 bridgehead atoms. The molecule has 0 spiro atoms. The SMILES string of the molecule is CCOC(=O)Cc1csc(SCC(=O)Nc2ccccc2[C@@H](C)CC)n1. The van der Waals surface area contributed by atoms with Crippen molar-refractivity contribution in [1.29, 1.82) is 0 Å². The Morgan fingerprint density at radius 1 is 1.31 bits per heavy atom. The fourth-order valence-corrected chi connectivity index (χ4v) is 4.01. The number of aromatic nitrogens is 1. The van der Waals surface area contributed by atoms with E-state index in [4.69, 9.17) is 4.74 Å². The Bertz CT molecular complexity index is 746. The maximum absolute atomic E-state index is 12.3. The molecule has 1 atom stereocenters. The van der Waals surface area contributed by atoms with Crippen molar-refractivity contribution in [3.05, 3.63) is 40.9 Å². The Balaban J connectivity index is 1.88. The maximum Gasteiger partial charge on any atom is 0.311 e. The molecular weight excluding hydrogens is 368 g/mol. The van der Waals surface area contributed by atoms with E-state index in [0.29, 0.717) is 18.2 Å². The van der Waals surface area contributed by atoms with Crippen molar-refractivity contribution in [3.63, 3.8) is 0 Å². The van der Waals surface area contributed by atoms with Crippen LogP contribution in [0.15, 0.2) is 34.0 Å². The number of rotatable bonds is 9. The van der Waals surface area contributed by atoms with Gasteiger partial charge in [-0.2, -0.15) is 0 Å². The van der Waals surface area contributed by atoms with Crippen LogP contribution in [0.25, 0.3) is 0 Å². The highest BCUT2D eigenvalue weighted by molar-refractivity contribution is 8.01. The molecule has 0 aliphatic carbocycles. The van der Waals surface area contributed by atoms with E-state index in [1.807, 2.05) is 23.6 Å². The molecule has 0 unspecified atom stereocenters. The van der Waals surface area contributed by atoms with Gasteiger partial charge in [-0.3, -0.25) is 9.59 Å². The standard InChI is InChI=1S/C19H24N2O3S2/c1-4-13(3)15-8-6-7-9-16(15)21-17(22)12-26-19-20-14(11-25-19)10-18(23)24-5-2/h6-9,11,13H,4-5,10,12H2,1-3H3,(H,21,22)/t13-/m0/s1. The summed E-state index contributed by atoms with van der Waals surface area (Å²) in [4.78, 5) is 28.1. The first-order chi connectivity index (χ1) is 12.5. The largest absolute Gasteiger partial charge is 0.466 e. The van der Waals surface area contributed by atoms with Gasteiger partial charge in [0, 0.05) is 11.1 Å². The van der Waals surface area contributed by atoms with E-state index in [9.17, 15) is 9.59 Å². The summed E-state index contributed by atoms with van der Waals surface area (Å²) >= 11 is 2.81. The van der Waals surface area contributed by atoms with E-state index >= 15 is 0 Å². The van der Waals surface area contributed by atoms with E-state index < -0.39 is 0 Å². The average molecular weight is 393 g/mol. The number of carbonyl (C=O) groups is 2. The molecule has 140 valence electrons. The number of esters is 1. The zero-order valence-electron chi connectivity index (χ0n) is 15.3. The number of thioether (sulfide) groups is 1. The van der Waals surface area contributed by atoms with E-state index in [0.717, 1.165) is 22.0 Å². The monoisotopic (exact) mass is 392 g/mol. The van der Waals surface area contributed by atoms with Crippen molar-refractivity contribution in [2.45, 2.75) is 43.9 Å². The van der Waals surface area contributed by atoms with Gasteiger partial charge in [-0.1, -0.05) is 43.8 Å². The van der Waals surface area contributed by atoms with Gasteiger partial charge in [-0.25, -0.2) is 4.98 Å². The smallest absolute Gasteiger partial charge is 0.311 e. The molecule has 0 radical (unpaired) electrons. The van der Waals surface area contributed by atoms with E-state index in [-0.39, 0.29) is 24.1 Å². The second kappa shape index (κ2) is 10.3. The van der Waals surface area contributed by atoms with Crippen LogP contribution in [0.5, 0.6) is 0 Å². The second-order valence-corrected chi connectivity index (χ2v) is 7.90. The molecule has 0 aliphatic heterocycles. The molecule has 0 saturated heterocycles. The summed E-state index contributed by atoms with van der Waals surface area (Å²) in [6, 6.07) is 7.91. The van der Waals surface area contributed by atoms with Gasteiger partial charge in [0.2, 0.25) is 5.91 Å². The number of ether oxygens (including phenoxy) is 1. The van der Waals surface area contributed by atoms with Crippen LogP contribution in [0.1, 0.15) is 44.4 Å². The molecule has 0 aliphatic rings. The number of amides is 1. The highest BCUT2D eigenvalue weighted by Crippen LogP contribution is 2.27. The number of carbonyl (C=O) groups excluding carboxylic acids is 2. The molecule has 0 saturated carbocycles. The zero-order chi connectivity index (χ0) is 18.9. The highest BCUT2D eigenvalue weighted by atomic mass is 32.2. The van der Waals surface area contributed by atoms with Crippen molar-refractivity contribution in [1.82, 2.24) is 4.98 Å². The first-order valence-electron chi connectivity index (χ1n) is 8.65. The minimum absolute atomic E-state index is 0.0621. The molecule has 0 fully saturated rings. The van der Waals surface area contributed by atoms with Crippen LogP contribution in [0, 0.1) is 0 Å². The predicted molar refractivity (Wildman–Crippen MR) is 107 cm³/mol. The highest BCUT2D eigenvalue weighted by Gasteiger charge is 2.13. The zero-order valence-corrected chi connectivity index (χ0v) is 16.9. The Morgan fingerprint density at radius 3 is 2.81 bits per heavy atom. The van der Waals surface area contributed by atoms with Gasteiger partial charge in [0.05, 0.1) is 24.5 Å². The number of hydrogen-bond acceptors (Lipinski definition) is 6. The van der Waals surface area contributed by atoms with Gasteiger partial charge in [-0.15, -0.1) is 11.3 Å². The third-order valence-electron chi connectivity index (χ3n) is 3.87. The van der Waals surface area contributed by atoms with E-state index in [2.05, 4.69) is 30.2 Å². The summed E-state index contributed by atoms with van der Waals surface area (Å²) in [5.74, 6) is 0.325. The van der Waals surface area contributed by atoms with Crippen LogP contribution in [-0.2, 0) is 20.7 Å². The normalized spacial score (nSPS) is 11.8. The Labute approximate surface area is 162 Å². The third kappa shape index (κ3) is 6.14. The van der Waals surface area contributed by atoms with E-state index in [1.54, 1.807) is 6.92 Å². The summed E-state index contributed by atoms with van der Waals surface area (Å²) in [6.45, 7) is 6.43. The minimum Gasteiger partial charge on any atom is -0.466 e. The van der Waals surface area contributed by atoms with Crippen molar-refractivity contribution in [3.8, 4) is 0 Å². The van der Waals surface area contributed by atoms with Crippen molar-refractivity contribution < 1.29 is 14.3 Å². The van der Waals surface area contributed by atoms with Crippen LogP contribution in [0.2, 0.25) is 0 Å². The number of nitrogens with zero attached hydrogens (tertiary/aromatic N) is 1. The van der Waals surface area contributed by atoms with Crippen LogP contribution in [0.3, 0.4) is 0 Å². The first kappa shape index (κ1) is 20.5. The van der Waals surface area contributed by atoms with Crippen LogP contribution >= 0.6 is 23.1 Å². The van der Waals surface area contributed by atoms with Gasteiger partial charge in [0.25, 0.3) is 0 Å². The maximum atomic E-state index is 12.3. The third-order valence-corrected chi connectivity index (χ3v) is 5.94. The van der Waals surface area contributed by atoms with Crippen molar-refractivity contribution >= 4 is 40.7 Å². The Morgan fingerprint density at radius 2 is 2.08 bits per heavy atom. The first-order valence-corrected chi connectivity index (χ1v) is 10.5. The number of benzene rings is 1. The lowest BCUT2D eigenvalue weighted by Gasteiger charge is -2.15. The molecule has 5 nitrogen and oxygen atoms in total. The fraction of sp³-hybridized carbons (Fsp3) is 0.421. The number of anilines is 1. The lowest BCUT2D eigenvalue weighted by molar-refractivity contribution is -0.142. The molecule has 1 aromatic heterocycles. The van der Waals surface area contributed by atoms with Gasteiger partial charge >= 0.3 is 5.97 Å². The Hall–Kier alpha value is -1.86. The summed E-state index contributed by atoms with van der Waals surface area (Å²) in [5, 5.41) is 4.82. The molecule has 1 amide bonds. The summed E-state index contributed by atoms with van der Waals surface area (Å²) in [7, 11) is 0. The molecule has 7 heteroatoms. The number of thiazole rings is 1. The van der Waals surface area contributed by atoms with Crippen LogP contribution in [0.4, 0.5) is 5.69 Å².